The molecule has 1 rings (SSSR count). The molecular formula is C14H28N4O2. The van der Waals surface area contributed by atoms with Crippen LogP contribution in [-0.4, -0.2) is 47.5 Å². The smallest absolute Gasteiger partial charge is 0.234 e. The molecule has 0 aromatic carbocycles. The van der Waals surface area contributed by atoms with Crippen LogP contribution in [0.2, 0.25) is 0 Å². The first-order valence-electron chi connectivity index (χ1n) is 7.51. The quantitative estimate of drug-likeness (QED) is 0.256. The van der Waals surface area contributed by atoms with Crippen LogP contribution < -0.4 is 11.1 Å². The highest BCUT2D eigenvalue weighted by molar-refractivity contribution is 6.09. The SMILES string of the molecule is CCN(CC)CCCC(C)NC(=O)C1(C(N)=NO)CC1. The number of nitrogens with one attached hydrogen (secondary N) is 1. The van der Waals surface area contributed by atoms with Crippen molar-refractivity contribution in [1.82, 2.24) is 10.2 Å². The molecule has 1 aliphatic rings. The average molecular weight is 284 g/mol. The summed E-state index contributed by atoms with van der Waals surface area (Å²) in [5.74, 6) is -0.0755. The van der Waals surface area contributed by atoms with Gasteiger partial charge in [-0.15, -0.1) is 0 Å². The molecule has 0 saturated heterocycles. The van der Waals surface area contributed by atoms with E-state index < -0.39 is 5.41 Å². The van der Waals surface area contributed by atoms with Gasteiger partial charge in [0.05, 0.1) is 0 Å². The first-order chi connectivity index (χ1) is 9.50. The monoisotopic (exact) mass is 284 g/mol. The molecule has 1 aliphatic carbocycles. The van der Waals surface area contributed by atoms with Gasteiger partial charge in [-0.1, -0.05) is 19.0 Å². The molecule has 0 aromatic heterocycles. The van der Waals surface area contributed by atoms with Gasteiger partial charge in [-0.25, -0.2) is 0 Å². The van der Waals surface area contributed by atoms with E-state index in [1.54, 1.807) is 0 Å². The van der Waals surface area contributed by atoms with Crippen LogP contribution in [0.1, 0.15) is 46.5 Å². The Morgan fingerprint density at radius 3 is 2.50 bits per heavy atom. The highest BCUT2D eigenvalue weighted by Gasteiger charge is 2.54. The number of amidine groups is 1. The van der Waals surface area contributed by atoms with E-state index in [2.05, 4.69) is 29.2 Å². The second-order valence-electron chi connectivity index (χ2n) is 5.61. The van der Waals surface area contributed by atoms with E-state index >= 15 is 0 Å². The fraction of sp³-hybridized carbons (Fsp3) is 0.857. The van der Waals surface area contributed by atoms with E-state index in [0.29, 0.717) is 12.8 Å². The van der Waals surface area contributed by atoms with Gasteiger partial charge >= 0.3 is 0 Å². The molecule has 6 nitrogen and oxygen atoms in total. The first-order valence-corrected chi connectivity index (χ1v) is 7.51. The maximum atomic E-state index is 12.2. The van der Waals surface area contributed by atoms with Gasteiger partial charge in [0, 0.05) is 6.04 Å². The number of oxime groups is 1. The van der Waals surface area contributed by atoms with Crippen LogP contribution in [0.5, 0.6) is 0 Å². The second kappa shape index (κ2) is 7.47. The molecule has 0 heterocycles. The van der Waals surface area contributed by atoms with Crippen LogP contribution in [0.25, 0.3) is 0 Å². The van der Waals surface area contributed by atoms with Gasteiger partial charge in [-0.05, 0) is 52.2 Å². The molecule has 0 radical (unpaired) electrons. The summed E-state index contributed by atoms with van der Waals surface area (Å²) >= 11 is 0. The first kappa shape index (κ1) is 16.8. The van der Waals surface area contributed by atoms with Crippen LogP contribution in [-0.2, 0) is 4.79 Å². The fourth-order valence-corrected chi connectivity index (χ4v) is 2.42. The summed E-state index contributed by atoms with van der Waals surface area (Å²) in [6.45, 7) is 9.49. The number of nitrogens with two attached hydrogens (primary N) is 1. The Labute approximate surface area is 121 Å². The lowest BCUT2D eigenvalue weighted by Crippen LogP contribution is -2.44. The van der Waals surface area contributed by atoms with Crippen LogP contribution in [0.3, 0.4) is 0 Å². The lowest BCUT2D eigenvalue weighted by atomic mass is 10.0. The van der Waals surface area contributed by atoms with Gasteiger partial charge in [0.25, 0.3) is 0 Å². The summed E-state index contributed by atoms with van der Waals surface area (Å²) < 4.78 is 0. The van der Waals surface area contributed by atoms with E-state index in [4.69, 9.17) is 10.9 Å². The summed E-state index contributed by atoms with van der Waals surface area (Å²) in [4.78, 5) is 14.5. The maximum absolute atomic E-state index is 12.2. The summed E-state index contributed by atoms with van der Waals surface area (Å²) in [7, 11) is 0. The zero-order valence-electron chi connectivity index (χ0n) is 12.9. The van der Waals surface area contributed by atoms with Crippen LogP contribution in [0, 0.1) is 5.41 Å². The zero-order chi connectivity index (χ0) is 15.2. The van der Waals surface area contributed by atoms with Gasteiger partial charge < -0.3 is 21.2 Å². The van der Waals surface area contributed by atoms with E-state index in [-0.39, 0.29) is 17.8 Å². The standard InChI is InChI=1S/C14H28N4O2/c1-4-18(5-2)10-6-7-11(3)16-13(19)14(8-9-14)12(15)17-20/h11,20H,4-10H2,1-3H3,(H2,15,17)(H,16,19). The highest BCUT2D eigenvalue weighted by Crippen LogP contribution is 2.46. The van der Waals surface area contributed by atoms with Crippen molar-refractivity contribution in [2.45, 2.75) is 52.5 Å². The van der Waals surface area contributed by atoms with E-state index in [9.17, 15) is 4.79 Å². The van der Waals surface area contributed by atoms with Gasteiger partial charge in [0.2, 0.25) is 5.91 Å². The maximum Gasteiger partial charge on any atom is 0.234 e. The second-order valence-corrected chi connectivity index (χ2v) is 5.61. The van der Waals surface area contributed by atoms with Crippen molar-refractivity contribution in [3.05, 3.63) is 0 Å². The van der Waals surface area contributed by atoms with Crippen LogP contribution in [0.15, 0.2) is 5.16 Å². The van der Waals surface area contributed by atoms with E-state index in [0.717, 1.165) is 32.5 Å². The zero-order valence-corrected chi connectivity index (χ0v) is 12.9. The molecule has 1 fully saturated rings. The molecule has 20 heavy (non-hydrogen) atoms. The van der Waals surface area contributed by atoms with Crippen molar-refractivity contribution >= 4 is 11.7 Å². The minimum absolute atomic E-state index is 0.0327. The Morgan fingerprint density at radius 2 is 2.05 bits per heavy atom. The van der Waals surface area contributed by atoms with Crippen molar-refractivity contribution in [2.75, 3.05) is 19.6 Å². The van der Waals surface area contributed by atoms with E-state index in [1.165, 1.54) is 0 Å². The average Bonchev–Trinajstić information content (AvgIpc) is 3.24. The predicted octanol–water partition coefficient (Wildman–Crippen LogP) is 1.14. The number of amides is 1. The van der Waals surface area contributed by atoms with Crippen molar-refractivity contribution in [3.63, 3.8) is 0 Å². The van der Waals surface area contributed by atoms with E-state index in [1.807, 2.05) is 6.92 Å². The topological polar surface area (TPSA) is 91.0 Å². The Bertz CT molecular complexity index is 349. The fourth-order valence-electron chi connectivity index (χ4n) is 2.42. The third-order valence-corrected chi connectivity index (χ3v) is 4.17. The molecule has 116 valence electrons. The van der Waals surface area contributed by atoms with Crippen molar-refractivity contribution in [3.8, 4) is 0 Å². The summed E-state index contributed by atoms with van der Waals surface area (Å²) in [6, 6.07) is 0.113. The number of hydrogen-bond donors (Lipinski definition) is 3. The number of hydrogen-bond acceptors (Lipinski definition) is 4. The third-order valence-electron chi connectivity index (χ3n) is 4.17. The predicted molar refractivity (Wildman–Crippen MR) is 79.7 cm³/mol. The summed E-state index contributed by atoms with van der Waals surface area (Å²) in [5.41, 5.74) is 4.85. The largest absolute Gasteiger partial charge is 0.409 e. The molecule has 4 N–H and O–H groups in total. The third kappa shape index (κ3) is 4.10. The Balaban J connectivity index is 2.32. The molecule has 1 saturated carbocycles. The van der Waals surface area contributed by atoms with Gasteiger partial charge in [0.15, 0.2) is 5.84 Å². The Hall–Kier alpha value is -1.30. The molecule has 0 bridgehead atoms. The van der Waals surface area contributed by atoms with Crippen molar-refractivity contribution in [1.29, 1.82) is 0 Å². The molecule has 6 heteroatoms. The molecule has 0 spiro atoms. The molecule has 0 aromatic rings. The number of carbonyl (C=O) groups excluding carboxylic acids is 1. The Kier molecular flexibility index (Phi) is 6.26. The lowest BCUT2D eigenvalue weighted by Gasteiger charge is -2.21. The normalized spacial score (nSPS) is 18.9. The van der Waals surface area contributed by atoms with Gasteiger partial charge in [-0.2, -0.15) is 0 Å². The molecule has 1 atom stereocenters. The Morgan fingerprint density at radius 1 is 1.45 bits per heavy atom. The summed E-state index contributed by atoms with van der Waals surface area (Å²) in [5, 5.41) is 14.7. The van der Waals surface area contributed by atoms with Crippen LogP contribution >= 0.6 is 0 Å². The highest BCUT2D eigenvalue weighted by atomic mass is 16.4. The minimum atomic E-state index is -0.748. The molecule has 0 aliphatic heterocycles. The summed E-state index contributed by atoms with van der Waals surface area (Å²) in [6.07, 6.45) is 3.33. The molecular weight excluding hydrogens is 256 g/mol. The van der Waals surface area contributed by atoms with Crippen molar-refractivity contribution < 1.29 is 10.0 Å². The minimum Gasteiger partial charge on any atom is -0.409 e. The lowest BCUT2D eigenvalue weighted by molar-refractivity contribution is -0.124. The van der Waals surface area contributed by atoms with Crippen molar-refractivity contribution in [2.24, 2.45) is 16.3 Å². The van der Waals surface area contributed by atoms with Crippen LogP contribution in [0.4, 0.5) is 0 Å². The number of nitrogens with zero attached hydrogens (tertiary/aromatic N) is 2. The number of carbonyl (C=O) groups is 1. The van der Waals surface area contributed by atoms with Gasteiger partial charge in [-0.3, -0.25) is 4.79 Å². The molecule has 1 amide bonds. The number of rotatable bonds is 9. The molecule has 1 unspecified atom stereocenters. The van der Waals surface area contributed by atoms with Gasteiger partial charge in [0.1, 0.15) is 5.41 Å².